The highest BCUT2D eigenvalue weighted by Gasteiger charge is 2.11. The van der Waals surface area contributed by atoms with Gasteiger partial charge in [0, 0.05) is 20.6 Å². The van der Waals surface area contributed by atoms with Crippen LogP contribution in [-0.4, -0.2) is 5.11 Å². The number of hydrogen-bond donors (Lipinski definition) is 1. The summed E-state index contributed by atoms with van der Waals surface area (Å²) in [6, 6.07) is 9.62. The van der Waals surface area contributed by atoms with E-state index in [1.165, 1.54) is 12.1 Å². The summed E-state index contributed by atoms with van der Waals surface area (Å²) in [6.07, 6.45) is -0.667. The number of benzene rings is 2. The third kappa shape index (κ3) is 3.78. The number of ether oxygens (including phenoxy) is 1. The summed E-state index contributed by atoms with van der Waals surface area (Å²) in [7, 11) is 0. The van der Waals surface area contributed by atoms with Gasteiger partial charge in [0.15, 0.2) is 0 Å². The normalized spacial score (nSPS) is 12.3. The summed E-state index contributed by atoms with van der Waals surface area (Å²) >= 11 is 6.55. The van der Waals surface area contributed by atoms with Crippen LogP contribution < -0.4 is 4.74 Å². The lowest BCUT2D eigenvalue weighted by atomic mass is 10.1. The summed E-state index contributed by atoms with van der Waals surface area (Å²) < 4.78 is 20.4. The second kappa shape index (κ2) is 6.03. The molecule has 0 fully saturated rings. The van der Waals surface area contributed by atoms with Gasteiger partial charge in [-0.1, -0.05) is 37.9 Å². The molecule has 2 rings (SSSR count). The van der Waals surface area contributed by atoms with Gasteiger partial charge in [-0.05, 0) is 31.2 Å². The molecule has 0 spiro atoms. The molecule has 100 valence electrons. The van der Waals surface area contributed by atoms with Crippen molar-refractivity contribution in [1.82, 2.24) is 0 Å². The van der Waals surface area contributed by atoms with Crippen molar-refractivity contribution in [3.05, 3.63) is 56.7 Å². The monoisotopic (exact) mass is 388 g/mol. The number of aliphatic hydroxyl groups is 1. The molecular weight excluding hydrogens is 379 g/mol. The van der Waals surface area contributed by atoms with Crippen LogP contribution in [0.3, 0.4) is 0 Å². The van der Waals surface area contributed by atoms with E-state index in [9.17, 15) is 9.50 Å². The first kappa shape index (κ1) is 14.5. The van der Waals surface area contributed by atoms with Crippen molar-refractivity contribution in [1.29, 1.82) is 0 Å². The van der Waals surface area contributed by atoms with Gasteiger partial charge < -0.3 is 9.84 Å². The molecule has 0 radical (unpaired) electrons. The second-order valence-electron chi connectivity index (χ2n) is 4.07. The molecule has 1 N–H and O–H groups in total. The maximum atomic E-state index is 13.3. The van der Waals surface area contributed by atoms with Crippen molar-refractivity contribution in [2.45, 2.75) is 13.0 Å². The molecule has 0 aliphatic rings. The first-order valence-corrected chi connectivity index (χ1v) is 7.16. The predicted molar refractivity (Wildman–Crippen MR) is 78.9 cm³/mol. The molecule has 2 aromatic rings. The smallest absolute Gasteiger partial charge is 0.134 e. The van der Waals surface area contributed by atoms with Crippen LogP contribution in [0.2, 0.25) is 0 Å². The molecule has 0 saturated heterocycles. The van der Waals surface area contributed by atoms with Crippen molar-refractivity contribution in [3.63, 3.8) is 0 Å². The number of aliphatic hydroxyl groups excluding tert-OH is 1. The van der Waals surface area contributed by atoms with E-state index < -0.39 is 11.9 Å². The third-order valence-electron chi connectivity index (χ3n) is 2.49. The van der Waals surface area contributed by atoms with E-state index in [-0.39, 0.29) is 0 Å². The minimum Gasteiger partial charge on any atom is -0.457 e. The zero-order valence-electron chi connectivity index (χ0n) is 10.0. The zero-order chi connectivity index (χ0) is 14.0. The fraction of sp³-hybridized carbons (Fsp3) is 0.143. The Labute approximate surface area is 127 Å². The first-order valence-electron chi connectivity index (χ1n) is 5.57. The quantitative estimate of drug-likeness (QED) is 0.781. The van der Waals surface area contributed by atoms with Gasteiger partial charge in [-0.25, -0.2) is 4.39 Å². The largest absolute Gasteiger partial charge is 0.457 e. The molecule has 1 atom stereocenters. The zero-order valence-corrected chi connectivity index (χ0v) is 13.2. The molecular formula is C14H11Br2FO2. The van der Waals surface area contributed by atoms with E-state index in [1.807, 2.05) is 6.07 Å². The van der Waals surface area contributed by atoms with E-state index in [2.05, 4.69) is 31.9 Å². The molecule has 0 saturated carbocycles. The van der Waals surface area contributed by atoms with Gasteiger partial charge >= 0.3 is 0 Å². The molecule has 0 aromatic heterocycles. The van der Waals surface area contributed by atoms with Crippen LogP contribution in [-0.2, 0) is 0 Å². The summed E-state index contributed by atoms with van der Waals surface area (Å²) in [4.78, 5) is 0. The number of halogens is 3. The maximum absolute atomic E-state index is 13.3. The Balaban J connectivity index is 2.39. The van der Waals surface area contributed by atoms with Crippen LogP contribution in [0.1, 0.15) is 18.6 Å². The van der Waals surface area contributed by atoms with Crippen LogP contribution in [0, 0.1) is 5.82 Å². The molecule has 0 aliphatic carbocycles. The standard InChI is InChI=1S/C14H11Br2FO2/c1-8(18)13-3-2-9(15)6-14(13)19-12-5-10(16)4-11(17)7-12/h2-8,18H,1H3. The van der Waals surface area contributed by atoms with Gasteiger partial charge in [-0.15, -0.1) is 0 Å². The van der Waals surface area contributed by atoms with Crippen molar-refractivity contribution >= 4 is 31.9 Å². The molecule has 0 heterocycles. The van der Waals surface area contributed by atoms with Crippen LogP contribution in [0.5, 0.6) is 11.5 Å². The second-order valence-corrected chi connectivity index (χ2v) is 5.90. The lowest BCUT2D eigenvalue weighted by molar-refractivity contribution is 0.195. The van der Waals surface area contributed by atoms with Crippen molar-refractivity contribution < 1.29 is 14.2 Å². The average Bonchev–Trinajstić information content (AvgIpc) is 2.26. The number of hydrogen-bond acceptors (Lipinski definition) is 2. The van der Waals surface area contributed by atoms with Gasteiger partial charge in [0.05, 0.1) is 6.10 Å². The maximum Gasteiger partial charge on any atom is 0.134 e. The van der Waals surface area contributed by atoms with E-state index in [4.69, 9.17) is 4.74 Å². The van der Waals surface area contributed by atoms with Gasteiger partial charge in [-0.3, -0.25) is 0 Å². The molecule has 5 heteroatoms. The van der Waals surface area contributed by atoms with E-state index in [0.717, 1.165) is 4.47 Å². The Hall–Kier alpha value is -0.910. The van der Waals surface area contributed by atoms with Gasteiger partial charge in [-0.2, -0.15) is 0 Å². The van der Waals surface area contributed by atoms with Gasteiger partial charge in [0.2, 0.25) is 0 Å². The van der Waals surface area contributed by atoms with Crippen LogP contribution in [0.25, 0.3) is 0 Å². The Kier molecular flexibility index (Phi) is 4.60. The molecule has 2 nitrogen and oxygen atoms in total. The fourth-order valence-electron chi connectivity index (χ4n) is 1.66. The Morgan fingerprint density at radius 1 is 1.11 bits per heavy atom. The molecule has 19 heavy (non-hydrogen) atoms. The summed E-state index contributed by atoms with van der Waals surface area (Å²) in [5, 5.41) is 9.70. The van der Waals surface area contributed by atoms with E-state index in [1.54, 1.807) is 25.1 Å². The molecule has 0 amide bonds. The summed E-state index contributed by atoms with van der Waals surface area (Å²) in [5.74, 6) is 0.465. The Bertz CT molecular complexity index is 580. The first-order chi connectivity index (χ1) is 8.95. The molecule has 0 aliphatic heterocycles. The lowest BCUT2D eigenvalue weighted by Gasteiger charge is -2.14. The van der Waals surface area contributed by atoms with Crippen LogP contribution in [0.4, 0.5) is 4.39 Å². The minimum absolute atomic E-state index is 0.367. The topological polar surface area (TPSA) is 29.5 Å². The van der Waals surface area contributed by atoms with Crippen molar-refractivity contribution in [2.24, 2.45) is 0 Å². The highest BCUT2D eigenvalue weighted by Crippen LogP contribution is 2.33. The highest BCUT2D eigenvalue weighted by atomic mass is 79.9. The fourth-order valence-corrected chi connectivity index (χ4v) is 2.44. The molecule has 1 unspecified atom stereocenters. The average molecular weight is 390 g/mol. The predicted octanol–water partition coefficient (Wildman–Crippen LogP) is 5.20. The van der Waals surface area contributed by atoms with Gasteiger partial charge in [0.25, 0.3) is 0 Å². The minimum atomic E-state index is -0.667. The van der Waals surface area contributed by atoms with Crippen LogP contribution in [0.15, 0.2) is 45.3 Å². The van der Waals surface area contributed by atoms with Crippen LogP contribution >= 0.6 is 31.9 Å². The van der Waals surface area contributed by atoms with Crippen molar-refractivity contribution in [3.8, 4) is 11.5 Å². The summed E-state index contributed by atoms with van der Waals surface area (Å²) in [5.41, 5.74) is 0.642. The SMILES string of the molecule is CC(O)c1ccc(Br)cc1Oc1cc(F)cc(Br)c1. The van der Waals surface area contributed by atoms with E-state index >= 15 is 0 Å². The highest BCUT2D eigenvalue weighted by molar-refractivity contribution is 9.10. The Morgan fingerprint density at radius 2 is 1.84 bits per heavy atom. The summed E-state index contributed by atoms with van der Waals surface area (Å²) in [6.45, 7) is 1.65. The van der Waals surface area contributed by atoms with Crippen molar-refractivity contribution in [2.75, 3.05) is 0 Å². The van der Waals surface area contributed by atoms with E-state index in [0.29, 0.717) is 21.5 Å². The third-order valence-corrected chi connectivity index (χ3v) is 3.44. The molecule has 2 aromatic carbocycles. The lowest BCUT2D eigenvalue weighted by Crippen LogP contribution is -1.96. The Morgan fingerprint density at radius 3 is 2.47 bits per heavy atom. The molecule has 0 bridgehead atoms. The van der Waals surface area contributed by atoms with Gasteiger partial charge in [0.1, 0.15) is 17.3 Å². The number of rotatable bonds is 3.